The fourth-order valence-electron chi connectivity index (χ4n) is 2.31. The lowest BCUT2D eigenvalue weighted by molar-refractivity contribution is 0.0366. The zero-order valence-corrected chi connectivity index (χ0v) is 10.8. The molecule has 2 atom stereocenters. The first-order chi connectivity index (χ1) is 8.58. The van der Waals surface area contributed by atoms with Crippen LogP contribution >= 0.6 is 0 Å². The average molecular weight is 249 g/mol. The van der Waals surface area contributed by atoms with Crippen molar-refractivity contribution in [3.63, 3.8) is 0 Å². The standard InChI is InChI=1S/C12H19N5O/c1-8-4-3-5-9(2)17(8)16-12(18)10-6-14-7-11(13)15-10/h6-9H,3-5H2,1-2H3,(H2,13,15)(H,16,18). The molecule has 1 saturated heterocycles. The largest absolute Gasteiger partial charge is 0.382 e. The summed E-state index contributed by atoms with van der Waals surface area (Å²) in [6.07, 6.45) is 6.22. The Hall–Kier alpha value is -1.69. The molecular weight excluding hydrogens is 230 g/mol. The molecular formula is C12H19N5O. The molecule has 0 saturated carbocycles. The molecule has 0 spiro atoms. The molecule has 98 valence electrons. The summed E-state index contributed by atoms with van der Waals surface area (Å²) in [5.41, 5.74) is 8.67. The number of hydrogen-bond acceptors (Lipinski definition) is 5. The Morgan fingerprint density at radius 2 is 2.06 bits per heavy atom. The van der Waals surface area contributed by atoms with Gasteiger partial charge in [-0.15, -0.1) is 0 Å². The van der Waals surface area contributed by atoms with Crippen molar-refractivity contribution in [3.8, 4) is 0 Å². The SMILES string of the molecule is CC1CCCC(C)N1NC(=O)c1cncc(N)n1. The first-order valence-corrected chi connectivity index (χ1v) is 6.24. The van der Waals surface area contributed by atoms with Crippen molar-refractivity contribution < 1.29 is 4.79 Å². The van der Waals surface area contributed by atoms with Gasteiger partial charge in [0.1, 0.15) is 11.5 Å². The number of rotatable bonds is 2. The van der Waals surface area contributed by atoms with Crippen LogP contribution in [-0.4, -0.2) is 33.0 Å². The Labute approximate surface area is 107 Å². The highest BCUT2D eigenvalue weighted by Gasteiger charge is 2.26. The van der Waals surface area contributed by atoms with Gasteiger partial charge >= 0.3 is 0 Å². The van der Waals surface area contributed by atoms with E-state index in [1.54, 1.807) is 0 Å². The molecule has 2 rings (SSSR count). The number of hydrogen-bond donors (Lipinski definition) is 2. The molecule has 1 aromatic rings. The normalized spacial score (nSPS) is 24.8. The van der Waals surface area contributed by atoms with E-state index in [9.17, 15) is 4.79 Å². The molecule has 0 bridgehead atoms. The maximum absolute atomic E-state index is 12.0. The lowest BCUT2D eigenvalue weighted by atomic mass is 10.00. The predicted molar refractivity (Wildman–Crippen MR) is 68.5 cm³/mol. The quantitative estimate of drug-likeness (QED) is 0.815. The molecule has 0 aromatic carbocycles. The van der Waals surface area contributed by atoms with Crippen molar-refractivity contribution in [1.29, 1.82) is 0 Å². The van der Waals surface area contributed by atoms with Gasteiger partial charge in [-0.3, -0.25) is 15.2 Å². The van der Waals surface area contributed by atoms with Gasteiger partial charge in [-0.2, -0.15) is 0 Å². The molecule has 1 aliphatic rings. The molecule has 1 amide bonds. The number of carbonyl (C=O) groups excluding carboxylic acids is 1. The highest BCUT2D eigenvalue weighted by molar-refractivity contribution is 5.91. The minimum atomic E-state index is -0.254. The first-order valence-electron chi connectivity index (χ1n) is 6.24. The Morgan fingerprint density at radius 1 is 1.39 bits per heavy atom. The Kier molecular flexibility index (Phi) is 3.76. The number of nitrogen functional groups attached to an aromatic ring is 1. The molecule has 0 aliphatic carbocycles. The van der Waals surface area contributed by atoms with Crippen molar-refractivity contribution in [2.24, 2.45) is 0 Å². The summed E-state index contributed by atoms with van der Waals surface area (Å²) in [6.45, 7) is 4.22. The van der Waals surface area contributed by atoms with Gasteiger partial charge in [0.15, 0.2) is 0 Å². The van der Waals surface area contributed by atoms with E-state index in [4.69, 9.17) is 5.73 Å². The Balaban J connectivity index is 2.06. The van der Waals surface area contributed by atoms with Gasteiger partial charge in [0.2, 0.25) is 0 Å². The van der Waals surface area contributed by atoms with Crippen LogP contribution in [0.25, 0.3) is 0 Å². The number of nitrogens with zero attached hydrogens (tertiary/aromatic N) is 3. The maximum atomic E-state index is 12.0. The number of piperidine rings is 1. The average Bonchev–Trinajstić information content (AvgIpc) is 2.34. The van der Waals surface area contributed by atoms with Crippen LogP contribution in [0.15, 0.2) is 12.4 Å². The first kappa shape index (κ1) is 12.8. The Bertz CT molecular complexity index is 426. The summed E-state index contributed by atoms with van der Waals surface area (Å²) in [7, 11) is 0. The molecule has 6 nitrogen and oxygen atoms in total. The third-order valence-electron chi connectivity index (χ3n) is 3.31. The maximum Gasteiger partial charge on any atom is 0.285 e. The summed E-state index contributed by atoms with van der Waals surface area (Å²) in [6, 6.07) is 0.679. The van der Waals surface area contributed by atoms with Crippen LogP contribution in [0.5, 0.6) is 0 Å². The van der Waals surface area contributed by atoms with Gasteiger partial charge in [-0.25, -0.2) is 9.99 Å². The van der Waals surface area contributed by atoms with E-state index >= 15 is 0 Å². The van der Waals surface area contributed by atoms with E-state index in [2.05, 4.69) is 29.2 Å². The lowest BCUT2D eigenvalue weighted by Gasteiger charge is -2.38. The smallest absolute Gasteiger partial charge is 0.285 e. The second kappa shape index (κ2) is 5.30. The monoisotopic (exact) mass is 249 g/mol. The number of hydrazine groups is 1. The fourth-order valence-corrected chi connectivity index (χ4v) is 2.31. The second-order valence-electron chi connectivity index (χ2n) is 4.81. The number of nitrogens with two attached hydrogens (primary N) is 1. The molecule has 1 fully saturated rings. The molecule has 18 heavy (non-hydrogen) atoms. The second-order valence-corrected chi connectivity index (χ2v) is 4.81. The van der Waals surface area contributed by atoms with Crippen molar-refractivity contribution in [2.75, 3.05) is 5.73 Å². The van der Waals surface area contributed by atoms with Crippen LogP contribution in [0, 0.1) is 0 Å². The van der Waals surface area contributed by atoms with Crippen molar-refractivity contribution in [3.05, 3.63) is 18.1 Å². The van der Waals surface area contributed by atoms with Crippen LogP contribution in [-0.2, 0) is 0 Å². The van der Waals surface area contributed by atoms with E-state index < -0.39 is 0 Å². The fraction of sp³-hybridized carbons (Fsp3) is 0.583. The van der Waals surface area contributed by atoms with Crippen LogP contribution in [0.2, 0.25) is 0 Å². The van der Waals surface area contributed by atoms with Gasteiger partial charge in [0, 0.05) is 12.1 Å². The molecule has 1 aromatic heterocycles. The molecule has 6 heteroatoms. The van der Waals surface area contributed by atoms with Crippen LogP contribution in [0.1, 0.15) is 43.6 Å². The molecule has 3 N–H and O–H groups in total. The van der Waals surface area contributed by atoms with Gasteiger partial charge in [-0.1, -0.05) is 6.42 Å². The Morgan fingerprint density at radius 3 is 2.67 bits per heavy atom. The summed E-state index contributed by atoms with van der Waals surface area (Å²) >= 11 is 0. The predicted octanol–water partition coefficient (Wildman–Crippen LogP) is 0.966. The summed E-state index contributed by atoms with van der Waals surface area (Å²) in [5, 5.41) is 2.00. The van der Waals surface area contributed by atoms with Crippen molar-refractivity contribution >= 4 is 11.7 Å². The number of nitrogens with one attached hydrogen (secondary N) is 1. The third-order valence-corrected chi connectivity index (χ3v) is 3.31. The van der Waals surface area contributed by atoms with E-state index in [0.29, 0.717) is 12.1 Å². The molecule has 0 radical (unpaired) electrons. The van der Waals surface area contributed by atoms with Crippen LogP contribution < -0.4 is 11.2 Å². The summed E-state index contributed by atoms with van der Waals surface area (Å²) in [5.74, 6) is -0.00205. The minimum absolute atomic E-state index is 0.250. The van der Waals surface area contributed by atoms with E-state index in [1.165, 1.54) is 18.8 Å². The van der Waals surface area contributed by atoms with Crippen molar-refractivity contribution in [1.82, 2.24) is 20.4 Å². The number of amides is 1. The van der Waals surface area contributed by atoms with E-state index in [-0.39, 0.29) is 17.4 Å². The topological polar surface area (TPSA) is 84.1 Å². The summed E-state index contributed by atoms with van der Waals surface area (Å²) in [4.78, 5) is 19.9. The highest BCUT2D eigenvalue weighted by Crippen LogP contribution is 2.20. The van der Waals surface area contributed by atoms with Gasteiger partial charge in [0.05, 0.1) is 12.4 Å². The highest BCUT2D eigenvalue weighted by atomic mass is 16.2. The van der Waals surface area contributed by atoms with Gasteiger partial charge < -0.3 is 5.73 Å². The third kappa shape index (κ3) is 2.76. The lowest BCUT2D eigenvalue weighted by Crippen LogP contribution is -2.54. The van der Waals surface area contributed by atoms with Crippen LogP contribution in [0.4, 0.5) is 5.82 Å². The minimum Gasteiger partial charge on any atom is -0.382 e. The van der Waals surface area contributed by atoms with Gasteiger partial charge in [-0.05, 0) is 26.7 Å². The number of carbonyl (C=O) groups is 1. The van der Waals surface area contributed by atoms with E-state index in [0.717, 1.165) is 12.8 Å². The van der Waals surface area contributed by atoms with Crippen LogP contribution in [0.3, 0.4) is 0 Å². The molecule has 2 unspecified atom stereocenters. The van der Waals surface area contributed by atoms with E-state index in [1.807, 2.05) is 5.01 Å². The zero-order valence-electron chi connectivity index (χ0n) is 10.8. The zero-order chi connectivity index (χ0) is 13.1. The number of aromatic nitrogens is 2. The van der Waals surface area contributed by atoms with Crippen molar-refractivity contribution in [2.45, 2.75) is 45.2 Å². The molecule has 2 heterocycles. The molecule has 1 aliphatic heterocycles. The number of anilines is 1. The van der Waals surface area contributed by atoms with Gasteiger partial charge in [0.25, 0.3) is 5.91 Å². The summed E-state index contributed by atoms with van der Waals surface area (Å²) < 4.78 is 0.